The second-order valence-electron chi connectivity index (χ2n) is 4.59. The molecule has 2 heterocycles. The van der Waals surface area contributed by atoms with E-state index in [-0.39, 0.29) is 5.78 Å². The highest BCUT2D eigenvalue weighted by molar-refractivity contribution is 7.99. The molecule has 0 aromatic carbocycles. The van der Waals surface area contributed by atoms with Gasteiger partial charge >= 0.3 is 0 Å². The molecular weight excluding hydrogens is 280 g/mol. The van der Waals surface area contributed by atoms with Crippen LogP contribution in [0.1, 0.15) is 29.4 Å². The van der Waals surface area contributed by atoms with E-state index in [9.17, 15) is 4.79 Å². The average Bonchev–Trinajstić information content (AvgIpc) is 3.03. The first-order valence-electron chi connectivity index (χ1n) is 6.48. The van der Waals surface area contributed by atoms with Crippen LogP contribution in [0.15, 0.2) is 4.90 Å². The summed E-state index contributed by atoms with van der Waals surface area (Å²) in [4.78, 5) is 13.5. The van der Waals surface area contributed by atoms with Gasteiger partial charge in [0.05, 0.1) is 22.1 Å². The van der Waals surface area contributed by atoms with Crippen LogP contribution in [0, 0.1) is 5.92 Å². The van der Waals surface area contributed by atoms with Crippen LogP contribution in [-0.2, 0) is 4.74 Å². The van der Waals surface area contributed by atoms with E-state index in [2.05, 4.69) is 5.32 Å². The Kier molecular flexibility index (Phi) is 5.13. The predicted octanol–water partition coefficient (Wildman–Crippen LogP) is 3.09. The normalized spacial score (nSPS) is 18.7. The summed E-state index contributed by atoms with van der Waals surface area (Å²) in [5.74, 6) is 0.679. The quantitative estimate of drug-likeness (QED) is 0.624. The van der Waals surface area contributed by atoms with E-state index in [0.29, 0.717) is 22.9 Å². The maximum Gasteiger partial charge on any atom is 0.174 e. The average molecular weight is 300 g/mol. The SMILES string of the molecule is CCC(=O)c1sc(NCC2CCOC2)c(SC)c1N. The summed E-state index contributed by atoms with van der Waals surface area (Å²) < 4.78 is 5.37. The molecule has 0 spiro atoms. The second-order valence-corrected chi connectivity index (χ2v) is 6.43. The van der Waals surface area contributed by atoms with Gasteiger partial charge in [0, 0.05) is 25.5 Å². The molecule has 1 saturated heterocycles. The second kappa shape index (κ2) is 6.63. The van der Waals surface area contributed by atoms with Crippen molar-refractivity contribution in [1.29, 1.82) is 0 Å². The summed E-state index contributed by atoms with van der Waals surface area (Å²) in [5.41, 5.74) is 6.71. The first-order valence-corrected chi connectivity index (χ1v) is 8.52. The van der Waals surface area contributed by atoms with Gasteiger partial charge in [-0.3, -0.25) is 4.79 Å². The minimum Gasteiger partial charge on any atom is -0.396 e. The van der Waals surface area contributed by atoms with Gasteiger partial charge in [-0.2, -0.15) is 0 Å². The smallest absolute Gasteiger partial charge is 0.174 e. The molecule has 6 heteroatoms. The molecule has 1 aromatic rings. The summed E-state index contributed by atoms with van der Waals surface area (Å²) >= 11 is 3.07. The number of thioether (sulfide) groups is 1. The Labute approximate surface area is 122 Å². The number of carbonyl (C=O) groups excluding carboxylic acids is 1. The van der Waals surface area contributed by atoms with E-state index in [4.69, 9.17) is 10.5 Å². The molecule has 1 atom stereocenters. The molecule has 1 fully saturated rings. The van der Waals surface area contributed by atoms with Crippen molar-refractivity contribution >= 4 is 39.6 Å². The molecule has 1 aliphatic heterocycles. The molecule has 0 aliphatic carbocycles. The van der Waals surface area contributed by atoms with Crippen LogP contribution in [0.4, 0.5) is 10.7 Å². The molecular formula is C13H20N2O2S2. The van der Waals surface area contributed by atoms with Gasteiger partial charge < -0.3 is 15.8 Å². The number of nitrogen functional groups attached to an aromatic ring is 1. The van der Waals surface area contributed by atoms with Crippen molar-refractivity contribution in [2.45, 2.75) is 24.7 Å². The number of ketones is 1. The van der Waals surface area contributed by atoms with Crippen LogP contribution in [0.5, 0.6) is 0 Å². The minimum absolute atomic E-state index is 0.120. The molecule has 2 rings (SSSR count). The Balaban J connectivity index is 2.12. The topological polar surface area (TPSA) is 64.3 Å². The predicted molar refractivity (Wildman–Crippen MR) is 82.5 cm³/mol. The highest BCUT2D eigenvalue weighted by atomic mass is 32.2. The molecule has 1 aromatic heterocycles. The van der Waals surface area contributed by atoms with Crippen LogP contribution < -0.4 is 11.1 Å². The molecule has 106 valence electrons. The third-order valence-corrected chi connectivity index (χ3v) is 5.42. The fourth-order valence-corrected chi connectivity index (χ4v) is 4.15. The fourth-order valence-electron chi connectivity index (χ4n) is 2.10. The Morgan fingerprint density at radius 1 is 1.63 bits per heavy atom. The first-order chi connectivity index (χ1) is 9.17. The van der Waals surface area contributed by atoms with E-state index in [1.54, 1.807) is 11.8 Å². The largest absolute Gasteiger partial charge is 0.396 e. The Morgan fingerprint density at radius 2 is 2.42 bits per heavy atom. The van der Waals surface area contributed by atoms with Crippen molar-refractivity contribution in [3.8, 4) is 0 Å². The number of ether oxygens (including phenoxy) is 1. The lowest BCUT2D eigenvalue weighted by Crippen LogP contribution is -2.13. The van der Waals surface area contributed by atoms with Crippen molar-refractivity contribution in [2.24, 2.45) is 5.92 Å². The number of Topliss-reactive ketones (excluding diaryl/α,β-unsaturated/α-hetero) is 1. The zero-order chi connectivity index (χ0) is 13.8. The maximum atomic E-state index is 11.8. The van der Waals surface area contributed by atoms with Crippen LogP contribution in [0.3, 0.4) is 0 Å². The number of hydrogen-bond acceptors (Lipinski definition) is 6. The standard InChI is InChI=1S/C13H20N2O2S2/c1-3-9(16)11-10(14)12(18-2)13(19-11)15-6-8-4-5-17-7-8/h8,15H,3-7,14H2,1-2H3. The number of carbonyl (C=O) groups is 1. The van der Waals surface area contributed by atoms with Gasteiger partial charge in [-0.05, 0) is 12.7 Å². The van der Waals surface area contributed by atoms with Crippen molar-refractivity contribution in [3.63, 3.8) is 0 Å². The summed E-state index contributed by atoms with van der Waals surface area (Å²) in [6.07, 6.45) is 3.58. The highest BCUT2D eigenvalue weighted by Gasteiger charge is 2.21. The lowest BCUT2D eigenvalue weighted by atomic mass is 10.1. The Hall–Kier alpha value is -0.720. The number of rotatable bonds is 6. The zero-order valence-corrected chi connectivity index (χ0v) is 13.0. The molecule has 0 saturated carbocycles. The van der Waals surface area contributed by atoms with Gasteiger partial charge in [-0.25, -0.2) is 0 Å². The van der Waals surface area contributed by atoms with E-state index < -0.39 is 0 Å². The van der Waals surface area contributed by atoms with Gasteiger partial charge in [0.15, 0.2) is 5.78 Å². The van der Waals surface area contributed by atoms with Crippen molar-refractivity contribution in [3.05, 3.63) is 4.88 Å². The molecule has 0 bridgehead atoms. The van der Waals surface area contributed by atoms with E-state index >= 15 is 0 Å². The lowest BCUT2D eigenvalue weighted by Gasteiger charge is -2.10. The van der Waals surface area contributed by atoms with Crippen LogP contribution in [0.25, 0.3) is 0 Å². The summed E-state index contributed by atoms with van der Waals surface area (Å²) in [5, 5.41) is 4.45. The Morgan fingerprint density at radius 3 is 3.00 bits per heavy atom. The molecule has 4 nitrogen and oxygen atoms in total. The van der Waals surface area contributed by atoms with Gasteiger partial charge in [-0.1, -0.05) is 6.92 Å². The van der Waals surface area contributed by atoms with Crippen molar-refractivity contribution in [2.75, 3.05) is 37.1 Å². The first kappa shape index (κ1) is 14.7. The highest BCUT2D eigenvalue weighted by Crippen LogP contribution is 2.42. The third kappa shape index (κ3) is 3.24. The minimum atomic E-state index is 0.120. The number of hydrogen-bond donors (Lipinski definition) is 2. The number of nitrogens with one attached hydrogen (secondary N) is 1. The van der Waals surface area contributed by atoms with Crippen molar-refractivity contribution in [1.82, 2.24) is 0 Å². The molecule has 1 unspecified atom stereocenters. The maximum absolute atomic E-state index is 11.8. The summed E-state index contributed by atoms with van der Waals surface area (Å²) in [6, 6.07) is 0. The summed E-state index contributed by atoms with van der Waals surface area (Å²) in [6.45, 7) is 4.42. The van der Waals surface area contributed by atoms with Crippen LogP contribution in [0.2, 0.25) is 0 Å². The van der Waals surface area contributed by atoms with Crippen molar-refractivity contribution < 1.29 is 9.53 Å². The molecule has 1 aliphatic rings. The van der Waals surface area contributed by atoms with E-state index in [1.165, 1.54) is 11.3 Å². The van der Waals surface area contributed by atoms with Gasteiger partial charge in [0.2, 0.25) is 0 Å². The van der Waals surface area contributed by atoms with Gasteiger partial charge in [0.1, 0.15) is 5.00 Å². The van der Waals surface area contributed by atoms with E-state index in [0.717, 1.165) is 36.1 Å². The molecule has 3 N–H and O–H groups in total. The zero-order valence-electron chi connectivity index (χ0n) is 11.3. The van der Waals surface area contributed by atoms with Crippen LogP contribution >= 0.6 is 23.1 Å². The van der Waals surface area contributed by atoms with Gasteiger partial charge in [0.25, 0.3) is 0 Å². The Bertz CT molecular complexity index is 454. The monoisotopic (exact) mass is 300 g/mol. The number of anilines is 2. The molecule has 0 radical (unpaired) electrons. The lowest BCUT2D eigenvalue weighted by molar-refractivity contribution is 0.0992. The van der Waals surface area contributed by atoms with Crippen LogP contribution in [-0.4, -0.2) is 31.8 Å². The number of thiophene rings is 1. The van der Waals surface area contributed by atoms with E-state index in [1.807, 2.05) is 13.2 Å². The summed E-state index contributed by atoms with van der Waals surface area (Å²) in [7, 11) is 0. The molecule has 19 heavy (non-hydrogen) atoms. The molecule has 0 amide bonds. The number of nitrogens with two attached hydrogens (primary N) is 1. The third-order valence-electron chi connectivity index (χ3n) is 3.25. The fraction of sp³-hybridized carbons (Fsp3) is 0.615. The van der Waals surface area contributed by atoms with Gasteiger partial charge in [-0.15, -0.1) is 23.1 Å².